The summed E-state index contributed by atoms with van der Waals surface area (Å²) < 4.78 is 5.82. The molecule has 1 aromatic heterocycles. The van der Waals surface area contributed by atoms with Crippen molar-refractivity contribution in [2.75, 3.05) is 12.0 Å². The molecule has 0 radical (unpaired) electrons. The van der Waals surface area contributed by atoms with Crippen molar-refractivity contribution in [2.24, 2.45) is 17.7 Å². The fourth-order valence-corrected chi connectivity index (χ4v) is 2.24. The maximum Gasteiger partial charge on any atom is 0.160 e. The topological polar surface area (TPSA) is 73.1 Å². The lowest BCUT2D eigenvalue weighted by atomic mass is 10.1. The van der Waals surface area contributed by atoms with Gasteiger partial charge in [-0.1, -0.05) is 13.8 Å². The quantitative estimate of drug-likeness (QED) is 0.584. The highest BCUT2D eigenvalue weighted by atomic mass is 16.5. The van der Waals surface area contributed by atoms with E-state index in [1.54, 1.807) is 0 Å². The number of anilines is 1. The number of nitrogens with one attached hydrogen (secondary N) is 1. The van der Waals surface area contributed by atoms with Gasteiger partial charge >= 0.3 is 0 Å². The minimum Gasteiger partial charge on any atom is -0.370 e. The number of aromatic nitrogens is 2. The molecular formula is C14H24N4O. The first-order valence-corrected chi connectivity index (χ1v) is 7.10. The van der Waals surface area contributed by atoms with Crippen LogP contribution in [0.2, 0.25) is 0 Å². The zero-order valence-corrected chi connectivity index (χ0v) is 12.0. The summed E-state index contributed by atoms with van der Waals surface area (Å²) in [6, 6.07) is 1.92. The number of hydrogen-bond acceptors (Lipinski definition) is 5. The lowest BCUT2D eigenvalue weighted by Gasteiger charge is -2.17. The zero-order valence-electron chi connectivity index (χ0n) is 12.0. The van der Waals surface area contributed by atoms with E-state index in [2.05, 4.69) is 29.2 Å². The molecule has 0 aliphatic heterocycles. The van der Waals surface area contributed by atoms with E-state index in [1.807, 2.05) is 13.0 Å². The van der Waals surface area contributed by atoms with Gasteiger partial charge in [0.15, 0.2) is 5.82 Å². The summed E-state index contributed by atoms with van der Waals surface area (Å²) in [5.74, 6) is 8.07. The molecule has 19 heavy (non-hydrogen) atoms. The number of nitrogen functional groups attached to an aromatic ring is 1. The summed E-state index contributed by atoms with van der Waals surface area (Å²) in [6.45, 7) is 7.05. The van der Waals surface area contributed by atoms with Gasteiger partial charge in [0, 0.05) is 18.4 Å². The van der Waals surface area contributed by atoms with Gasteiger partial charge in [-0.3, -0.25) is 0 Å². The van der Waals surface area contributed by atoms with Gasteiger partial charge in [-0.15, -0.1) is 0 Å². The molecule has 3 N–H and O–H groups in total. The summed E-state index contributed by atoms with van der Waals surface area (Å²) >= 11 is 0. The van der Waals surface area contributed by atoms with E-state index < -0.39 is 0 Å². The minimum atomic E-state index is 0.0178. The number of ether oxygens (including phenoxy) is 1. The molecule has 1 unspecified atom stereocenters. The van der Waals surface area contributed by atoms with E-state index in [9.17, 15) is 0 Å². The van der Waals surface area contributed by atoms with Crippen molar-refractivity contribution in [1.29, 1.82) is 0 Å². The van der Waals surface area contributed by atoms with Gasteiger partial charge in [-0.25, -0.2) is 15.8 Å². The molecule has 5 heteroatoms. The first kappa shape index (κ1) is 14.2. The second-order valence-corrected chi connectivity index (χ2v) is 5.56. The van der Waals surface area contributed by atoms with Crippen LogP contribution in [0.3, 0.4) is 0 Å². The van der Waals surface area contributed by atoms with E-state index in [-0.39, 0.29) is 6.10 Å². The zero-order chi connectivity index (χ0) is 13.8. The SMILES string of the molecule is CCOC(c1nc(CC(C)C)cc(NN)n1)C1CC1. The third-order valence-electron chi connectivity index (χ3n) is 3.21. The van der Waals surface area contributed by atoms with Gasteiger partial charge in [-0.05, 0) is 38.0 Å². The first-order valence-electron chi connectivity index (χ1n) is 7.10. The largest absolute Gasteiger partial charge is 0.370 e. The molecule has 106 valence electrons. The van der Waals surface area contributed by atoms with Crippen molar-refractivity contribution in [3.8, 4) is 0 Å². The molecule has 1 saturated carbocycles. The maximum absolute atomic E-state index is 5.82. The molecule has 2 rings (SSSR count). The van der Waals surface area contributed by atoms with Crippen LogP contribution in [0, 0.1) is 11.8 Å². The van der Waals surface area contributed by atoms with Crippen LogP contribution in [-0.2, 0) is 11.2 Å². The Labute approximate surface area is 114 Å². The molecular weight excluding hydrogens is 240 g/mol. The van der Waals surface area contributed by atoms with Crippen LogP contribution >= 0.6 is 0 Å². The van der Waals surface area contributed by atoms with Crippen molar-refractivity contribution >= 4 is 5.82 Å². The molecule has 0 spiro atoms. The molecule has 1 atom stereocenters. The minimum absolute atomic E-state index is 0.0178. The number of rotatable bonds is 7. The van der Waals surface area contributed by atoms with Gasteiger partial charge in [0.1, 0.15) is 11.9 Å². The average Bonchev–Trinajstić information content (AvgIpc) is 3.18. The molecule has 1 aliphatic rings. The second kappa shape index (κ2) is 6.30. The van der Waals surface area contributed by atoms with E-state index in [0.29, 0.717) is 24.3 Å². The fraction of sp³-hybridized carbons (Fsp3) is 0.714. The van der Waals surface area contributed by atoms with Crippen molar-refractivity contribution in [3.63, 3.8) is 0 Å². The monoisotopic (exact) mass is 264 g/mol. The molecule has 1 aliphatic carbocycles. The van der Waals surface area contributed by atoms with Crippen LogP contribution in [-0.4, -0.2) is 16.6 Å². The normalized spacial score (nSPS) is 16.7. The molecule has 0 aromatic carbocycles. The van der Waals surface area contributed by atoms with Crippen molar-refractivity contribution in [3.05, 3.63) is 17.6 Å². The van der Waals surface area contributed by atoms with Crippen molar-refractivity contribution in [1.82, 2.24) is 9.97 Å². The Bertz CT molecular complexity index is 418. The number of nitrogens with zero attached hydrogens (tertiary/aromatic N) is 2. The number of hydrazine groups is 1. The number of hydrogen-bond donors (Lipinski definition) is 2. The van der Waals surface area contributed by atoms with Crippen LogP contribution in [0.25, 0.3) is 0 Å². The Kier molecular flexibility index (Phi) is 4.71. The lowest BCUT2D eigenvalue weighted by molar-refractivity contribution is 0.0399. The van der Waals surface area contributed by atoms with E-state index in [4.69, 9.17) is 10.6 Å². The van der Waals surface area contributed by atoms with Crippen LogP contribution < -0.4 is 11.3 Å². The third kappa shape index (κ3) is 3.88. The van der Waals surface area contributed by atoms with E-state index >= 15 is 0 Å². The molecule has 1 aromatic rings. The summed E-state index contributed by atoms with van der Waals surface area (Å²) in [6.07, 6.45) is 3.35. The molecule has 1 fully saturated rings. The molecule has 5 nitrogen and oxygen atoms in total. The van der Waals surface area contributed by atoms with E-state index in [1.165, 1.54) is 12.8 Å². The summed E-state index contributed by atoms with van der Waals surface area (Å²) in [4.78, 5) is 9.14. The summed E-state index contributed by atoms with van der Waals surface area (Å²) in [5, 5.41) is 0. The molecule has 1 heterocycles. The molecule has 0 saturated heterocycles. The maximum atomic E-state index is 5.82. The van der Waals surface area contributed by atoms with Crippen LogP contribution in [0.5, 0.6) is 0 Å². The average molecular weight is 264 g/mol. The summed E-state index contributed by atoms with van der Waals surface area (Å²) in [5.41, 5.74) is 3.66. The van der Waals surface area contributed by atoms with Crippen LogP contribution in [0.1, 0.15) is 51.2 Å². The Morgan fingerprint density at radius 3 is 2.68 bits per heavy atom. The predicted molar refractivity (Wildman–Crippen MR) is 75.5 cm³/mol. The highest BCUT2D eigenvalue weighted by molar-refractivity contribution is 5.35. The van der Waals surface area contributed by atoms with Gasteiger partial charge in [0.25, 0.3) is 0 Å². The Balaban J connectivity index is 2.26. The predicted octanol–water partition coefficient (Wildman–Crippen LogP) is 2.45. The molecule has 0 amide bonds. The second-order valence-electron chi connectivity index (χ2n) is 5.56. The van der Waals surface area contributed by atoms with Gasteiger partial charge in [0.2, 0.25) is 0 Å². The van der Waals surface area contributed by atoms with Gasteiger partial charge in [0.05, 0.1) is 0 Å². The van der Waals surface area contributed by atoms with Crippen molar-refractivity contribution in [2.45, 2.75) is 46.1 Å². The van der Waals surface area contributed by atoms with Gasteiger partial charge in [-0.2, -0.15) is 0 Å². The standard InChI is InChI=1S/C14H24N4O/c1-4-19-13(10-5-6-10)14-16-11(7-9(2)3)8-12(17-14)18-15/h8-10,13H,4-7,15H2,1-3H3,(H,16,17,18). The molecule has 0 bridgehead atoms. The fourth-order valence-electron chi connectivity index (χ4n) is 2.24. The van der Waals surface area contributed by atoms with Crippen LogP contribution in [0.4, 0.5) is 5.82 Å². The van der Waals surface area contributed by atoms with Crippen LogP contribution in [0.15, 0.2) is 6.07 Å². The third-order valence-corrected chi connectivity index (χ3v) is 3.21. The lowest BCUT2D eigenvalue weighted by Crippen LogP contribution is -2.16. The van der Waals surface area contributed by atoms with Crippen molar-refractivity contribution < 1.29 is 4.74 Å². The van der Waals surface area contributed by atoms with Gasteiger partial charge < -0.3 is 10.2 Å². The number of nitrogens with two attached hydrogens (primary N) is 1. The first-order chi connectivity index (χ1) is 9.13. The summed E-state index contributed by atoms with van der Waals surface area (Å²) in [7, 11) is 0. The smallest absolute Gasteiger partial charge is 0.160 e. The highest BCUT2D eigenvalue weighted by Gasteiger charge is 2.35. The Morgan fingerprint density at radius 2 is 2.16 bits per heavy atom. The highest BCUT2D eigenvalue weighted by Crippen LogP contribution is 2.42. The Morgan fingerprint density at radius 1 is 1.42 bits per heavy atom. The van der Waals surface area contributed by atoms with E-state index in [0.717, 1.165) is 17.9 Å². The Hall–Kier alpha value is -1.20.